The van der Waals surface area contributed by atoms with Crippen molar-refractivity contribution >= 4 is 17.1 Å². The van der Waals surface area contributed by atoms with Crippen LogP contribution < -0.4 is 0 Å². The third-order valence-electron chi connectivity index (χ3n) is 4.76. The molecule has 0 radical (unpaired) electrons. The number of alkyl halides is 3. The Morgan fingerprint density at radius 3 is 2.37 bits per heavy atom. The number of rotatable bonds is 10. The van der Waals surface area contributed by atoms with E-state index in [1.54, 1.807) is 36.0 Å². The zero-order valence-electron chi connectivity index (χ0n) is 15.9. The van der Waals surface area contributed by atoms with Crippen LogP contribution in [0.5, 0.6) is 0 Å². The number of hydrogen-bond acceptors (Lipinski definition) is 6. The number of hydrogen-bond donors (Lipinski definition) is 1. The molecule has 3 aromatic rings. The first-order chi connectivity index (χ1) is 14.5. The van der Waals surface area contributed by atoms with Crippen molar-refractivity contribution in [2.75, 3.05) is 6.67 Å². The lowest BCUT2D eigenvalue weighted by Gasteiger charge is -2.20. The summed E-state index contributed by atoms with van der Waals surface area (Å²) in [5.74, 6) is -2.57. The number of pyridine rings is 1. The molecule has 1 aromatic carbocycles. The van der Waals surface area contributed by atoms with Gasteiger partial charge in [0.1, 0.15) is 10.5 Å². The molecular weight excluding hydrogens is 415 g/mol. The Labute approximate surface area is 175 Å². The maximum absolute atomic E-state index is 13.2. The number of benzene rings is 1. The number of aromatic nitrogens is 3. The SMILES string of the molecule is O=C(C[C@H](CF)[C@H](O)c1ccc(-c2ccc(CCc3nncs3)nc2)cc1)C(F)F. The third kappa shape index (κ3) is 5.70. The molecule has 30 heavy (non-hydrogen) atoms. The molecule has 0 saturated heterocycles. The average molecular weight is 435 g/mol. The minimum Gasteiger partial charge on any atom is -0.388 e. The van der Waals surface area contributed by atoms with Crippen LogP contribution in [0.4, 0.5) is 13.2 Å². The van der Waals surface area contributed by atoms with Crippen molar-refractivity contribution in [3.05, 3.63) is 64.4 Å². The van der Waals surface area contributed by atoms with E-state index in [1.807, 2.05) is 12.1 Å². The van der Waals surface area contributed by atoms with E-state index >= 15 is 0 Å². The van der Waals surface area contributed by atoms with Crippen LogP contribution in [0, 0.1) is 5.92 Å². The first kappa shape index (κ1) is 22.0. The van der Waals surface area contributed by atoms with Gasteiger partial charge in [0.2, 0.25) is 0 Å². The molecular formula is C21H20F3N3O2S. The summed E-state index contributed by atoms with van der Waals surface area (Å²) < 4.78 is 38.0. The van der Waals surface area contributed by atoms with Crippen LogP contribution in [0.15, 0.2) is 48.1 Å². The van der Waals surface area contributed by atoms with Crippen molar-refractivity contribution in [2.45, 2.75) is 31.8 Å². The quantitative estimate of drug-likeness (QED) is 0.516. The van der Waals surface area contributed by atoms with Gasteiger partial charge in [-0.05, 0) is 23.6 Å². The van der Waals surface area contributed by atoms with Gasteiger partial charge in [-0.15, -0.1) is 21.5 Å². The largest absolute Gasteiger partial charge is 0.388 e. The van der Waals surface area contributed by atoms with Crippen molar-refractivity contribution in [1.29, 1.82) is 0 Å². The summed E-state index contributed by atoms with van der Waals surface area (Å²) in [6.07, 6.45) is -1.95. The van der Waals surface area contributed by atoms with Crippen LogP contribution in [-0.4, -0.2) is 39.2 Å². The Hall–Kier alpha value is -2.65. The van der Waals surface area contributed by atoms with Gasteiger partial charge in [-0.3, -0.25) is 14.2 Å². The van der Waals surface area contributed by atoms with E-state index in [2.05, 4.69) is 15.2 Å². The van der Waals surface area contributed by atoms with Crippen LogP contribution >= 0.6 is 11.3 Å². The molecule has 2 aromatic heterocycles. The van der Waals surface area contributed by atoms with E-state index in [0.29, 0.717) is 5.56 Å². The van der Waals surface area contributed by atoms with Gasteiger partial charge in [-0.25, -0.2) is 8.78 Å². The van der Waals surface area contributed by atoms with E-state index in [-0.39, 0.29) is 0 Å². The molecule has 2 atom stereocenters. The van der Waals surface area contributed by atoms with Crippen LogP contribution in [0.3, 0.4) is 0 Å². The van der Waals surface area contributed by atoms with E-state index < -0.39 is 37.3 Å². The van der Waals surface area contributed by atoms with Crippen LogP contribution in [0.2, 0.25) is 0 Å². The summed E-state index contributed by atoms with van der Waals surface area (Å²) >= 11 is 1.50. The van der Waals surface area contributed by atoms with Gasteiger partial charge in [-0.1, -0.05) is 30.3 Å². The maximum atomic E-state index is 13.2. The molecule has 0 spiro atoms. The van der Waals surface area contributed by atoms with Gasteiger partial charge in [-0.2, -0.15) is 0 Å². The highest BCUT2D eigenvalue weighted by Gasteiger charge is 2.27. The highest BCUT2D eigenvalue weighted by Crippen LogP contribution is 2.28. The normalized spacial score (nSPS) is 13.4. The van der Waals surface area contributed by atoms with Gasteiger partial charge >= 0.3 is 0 Å². The van der Waals surface area contributed by atoms with E-state index in [9.17, 15) is 23.1 Å². The number of carbonyl (C=O) groups is 1. The summed E-state index contributed by atoms with van der Waals surface area (Å²) in [7, 11) is 0. The summed E-state index contributed by atoms with van der Waals surface area (Å²) in [5, 5.41) is 19.1. The van der Waals surface area contributed by atoms with Gasteiger partial charge < -0.3 is 5.11 Å². The molecule has 1 N–H and O–H groups in total. The number of carbonyl (C=O) groups excluding carboxylic acids is 1. The van der Waals surface area contributed by atoms with E-state index in [1.165, 1.54) is 11.3 Å². The number of aliphatic hydroxyl groups excluding tert-OH is 1. The van der Waals surface area contributed by atoms with Crippen LogP contribution in [-0.2, 0) is 17.6 Å². The Morgan fingerprint density at radius 2 is 1.80 bits per heavy atom. The molecule has 0 aliphatic heterocycles. The molecule has 0 fully saturated rings. The molecule has 5 nitrogen and oxygen atoms in total. The van der Waals surface area contributed by atoms with Crippen molar-refractivity contribution in [1.82, 2.24) is 15.2 Å². The molecule has 2 heterocycles. The lowest BCUT2D eigenvalue weighted by molar-refractivity contribution is -0.131. The standard InChI is InChI=1S/C21H20F3N3O2S/c22-10-16(9-18(28)21(23)24)20(29)14-3-1-13(2-4-14)15-5-6-17(25-11-15)7-8-19-27-26-12-30-19/h1-6,11-12,16,20-21,29H,7-10H2/t16-,20-/m1/s1. The smallest absolute Gasteiger partial charge is 0.295 e. The number of ketones is 1. The predicted molar refractivity (Wildman–Crippen MR) is 107 cm³/mol. The van der Waals surface area contributed by atoms with Gasteiger partial charge in [0, 0.05) is 36.2 Å². The second-order valence-electron chi connectivity index (χ2n) is 6.82. The number of halogens is 3. The van der Waals surface area contributed by atoms with E-state index in [0.717, 1.165) is 34.7 Å². The fourth-order valence-electron chi connectivity index (χ4n) is 3.03. The molecule has 0 aliphatic rings. The summed E-state index contributed by atoms with van der Waals surface area (Å²) in [4.78, 5) is 15.6. The Balaban J connectivity index is 1.63. The third-order valence-corrected chi connectivity index (χ3v) is 5.52. The summed E-state index contributed by atoms with van der Waals surface area (Å²) in [5.41, 5.74) is 4.69. The van der Waals surface area contributed by atoms with E-state index in [4.69, 9.17) is 0 Å². The van der Waals surface area contributed by atoms with Crippen molar-refractivity contribution in [3.8, 4) is 11.1 Å². The highest BCUT2D eigenvalue weighted by molar-refractivity contribution is 7.09. The number of nitrogens with zero attached hydrogens (tertiary/aromatic N) is 3. The lowest BCUT2D eigenvalue weighted by Crippen LogP contribution is -2.22. The molecule has 0 bridgehead atoms. The van der Waals surface area contributed by atoms with Crippen molar-refractivity contribution in [2.24, 2.45) is 5.92 Å². The van der Waals surface area contributed by atoms with Crippen LogP contribution in [0.1, 0.15) is 28.8 Å². The van der Waals surface area contributed by atoms with Gasteiger partial charge in [0.25, 0.3) is 6.43 Å². The minimum atomic E-state index is -3.16. The fourth-order valence-corrected chi connectivity index (χ4v) is 3.56. The Morgan fingerprint density at radius 1 is 1.07 bits per heavy atom. The zero-order valence-corrected chi connectivity index (χ0v) is 16.7. The molecule has 3 rings (SSSR count). The molecule has 0 saturated carbocycles. The Bertz CT molecular complexity index is 935. The second-order valence-corrected chi connectivity index (χ2v) is 7.74. The lowest BCUT2D eigenvalue weighted by atomic mass is 9.91. The molecule has 9 heteroatoms. The van der Waals surface area contributed by atoms with Crippen molar-refractivity contribution in [3.63, 3.8) is 0 Å². The fraction of sp³-hybridized carbons (Fsp3) is 0.333. The van der Waals surface area contributed by atoms with Crippen LogP contribution in [0.25, 0.3) is 11.1 Å². The topological polar surface area (TPSA) is 76.0 Å². The number of aliphatic hydroxyl groups is 1. The minimum absolute atomic E-state index is 0.366. The molecule has 0 amide bonds. The predicted octanol–water partition coefficient (Wildman–Crippen LogP) is 4.23. The number of aryl methyl sites for hydroxylation is 2. The van der Waals surface area contributed by atoms with Gasteiger partial charge in [0.05, 0.1) is 12.8 Å². The second kappa shape index (κ2) is 10.4. The highest BCUT2D eigenvalue weighted by atomic mass is 32.1. The maximum Gasteiger partial charge on any atom is 0.295 e. The molecule has 158 valence electrons. The first-order valence-electron chi connectivity index (χ1n) is 9.33. The first-order valence-corrected chi connectivity index (χ1v) is 10.2. The average Bonchev–Trinajstić information content (AvgIpc) is 3.29. The summed E-state index contributed by atoms with van der Waals surface area (Å²) in [6, 6.07) is 10.5. The molecule has 0 unspecified atom stereocenters. The number of Topliss-reactive ketones (excluding diaryl/α,β-unsaturated/α-hetero) is 1. The van der Waals surface area contributed by atoms with Crippen molar-refractivity contribution < 1.29 is 23.1 Å². The monoisotopic (exact) mass is 435 g/mol. The molecule has 0 aliphatic carbocycles. The Kier molecular flexibility index (Phi) is 7.64. The van der Waals surface area contributed by atoms with Gasteiger partial charge in [0.15, 0.2) is 5.78 Å². The summed E-state index contributed by atoms with van der Waals surface area (Å²) in [6.45, 7) is -1.07. The zero-order chi connectivity index (χ0) is 21.5.